The van der Waals surface area contributed by atoms with Gasteiger partial charge in [0.25, 0.3) is 0 Å². The zero-order valence-electron chi connectivity index (χ0n) is 13.8. The Labute approximate surface area is 145 Å². The first-order valence-corrected chi connectivity index (χ1v) is 8.47. The number of aromatic amines is 2. The van der Waals surface area contributed by atoms with Gasteiger partial charge in [0.15, 0.2) is 0 Å². The third-order valence-electron chi connectivity index (χ3n) is 4.62. The number of carbonyl (C=O) groups excluding carboxylic acids is 1. The lowest BCUT2D eigenvalue weighted by Crippen LogP contribution is -2.41. The molecule has 128 valence electrons. The number of piperidine rings is 1. The van der Waals surface area contributed by atoms with E-state index in [1.165, 1.54) is 0 Å². The fourth-order valence-corrected chi connectivity index (χ4v) is 3.31. The standard InChI is InChI=1S/C18H20N6O/c25-18(24-10-2-1-3-17(24)14-11-20-21-12-14)22-15-6-4-13(5-7-15)16-8-9-19-23-16/h4-9,11-12,17H,1-3,10H2,(H,19,23)(H,20,21)(H,22,25)/t17-/m1/s1. The van der Waals surface area contributed by atoms with E-state index in [-0.39, 0.29) is 12.1 Å². The number of carbonyl (C=O) groups is 1. The number of aromatic nitrogens is 4. The Balaban J connectivity index is 1.47. The SMILES string of the molecule is O=C(Nc1ccc(-c2ccn[nH]2)cc1)N1CCCC[C@@H]1c1cn[nH]c1. The van der Waals surface area contributed by atoms with E-state index in [0.717, 1.165) is 48.3 Å². The molecule has 0 saturated carbocycles. The summed E-state index contributed by atoms with van der Waals surface area (Å²) >= 11 is 0. The number of rotatable bonds is 3. The summed E-state index contributed by atoms with van der Waals surface area (Å²) in [6.07, 6.45) is 8.51. The van der Waals surface area contributed by atoms with E-state index in [4.69, 9.17) is 0 Å². The molecule has 0 unspecified atom stereocenters. The summed E-state index contributed by atoms with van der Waals surface area (Å²) < 4.78 is 0. The third-order valence-corrected chi connectivity index (χ3v) is 4.62. The molecule has 4 rings (SSSR count). The molecule has 3 aromatic rings. The largest absolute Gasteiger partial charge is 0.322 e. The molecule has 7 nitrogen and oxygen atoms in total. The molecule has 2 aromatic heterocycles. The summed E-state index contributed by atoms with van der Waals surface area (Å²) in [5, 5.41) is 16.8. The number of nitrogens with zero attached hydrogens (tertiary/aromatic N) is 3. The van der Waals surface area contributed by atoms with E-state index in [2.05, 4.69) is 25.7 Å². The van der Waals surface area contributed by atoms with Crippen LogP contribution in [0.2, 0.25) is 0 Å². The molecule has 0 spiro atoms. The normalized spacial score (nSPS) is 17.4. The van der Waals surface area contributed by atoms with Crippen molar-refractivity contribution >= 4 is 11.7 Å². The van der Waals surface area contributed by atoms with Crippen LogP contribution in [0.1, 0.15) is 30.9 Å². The van der Waals surface area contributed by atoms with Gasteiger partial charge in [-0.1, -0.05) is 12.1 Å². The molecular weight excluding hydrogens is 316 g/mol. The van der Waals surface area contributed by atoms with Crippen LogP contribution in [0.15, 0.2) is 48.9 Å². The van der Waals surface area contributed by atoms with Gasteiger partial charge in [0.2, 0.25) is 0 Å². The van der Waals surface area contributed by atoms with Crippen molar-refractivity contribution in [2.75, 3.05) is 11.9 Å². The molecule has 3 N–H and O–H groups in total. The Morgan fingerprint density at radius 2 is 2.04 bits per heavy atom. The minimum absolute atomic E-state index is 0.0693. The number of anilines is 1. The lowest BCUT2D eigenvalue weighted by molar-refractivity contribution is 0.163. The van der Waals surface area contributed by atoms with Crippen LogP contribution in [0.25, 0.3) is 11.3 Å². The second-order valence-electron chi connectivity index (χ2n) is 6.21. The zero-order valence-corrected chi connectivity index (χ0v) is 13.8. The maximum atomic E-state index is 12.8. The van der Waals surface area contributed by atoms with Gasteiger partial charge in [0, 0.05) is 30.2 Å². The highest BCUT2D eigenvalue weighted by atomic mass is 16.2. The van der Waals surface area contributed by atoms with Crippen molar-refractivity contribution in [3.63, 3.8) is 0 Å². The Morgan fingerprint density at radius 1 is 1.16 bits per heavy atom. The Bertz CT molecular complexity index is 810. The van der Waals surface area contributed by atoms with Crippen molar-refractivity contribution in [2.45, 2.75) is 25.3 Å². The monoisotopic (exact) mass is 336 g/mol. The number of hydrogen-bond donors (Lipinski definition) is 3. The van der Waals surface area contributed by atoms with Crippen LogP contribution >= 0.6 is 0 Å². The van der Waals surface area contributed by atoms with E-state index in [1.54, 1.807) is 12.4 Å². The van der Waals surface area contributed by atoms with Crippen LogP contribution in [0.4, 0.5) is 10.5 Å². The quantitative estimate of drug-likeness (QED) is 0.683. The molecule has 2 amide bonds. The number of nitrogens with one attached hydrogen (secondary N) is 3. The predicted octanol–water partition coefficient (Wildman–Crippen LogP) is 3.56. The minimum atomic E-state index is -0.0693. The second kappa shape index (κ2) is 6.80. The second-order valence-corrected chi connectivity index (χ2v) is 6.21. The number of hydrogen-bond acceptors (Lipinski definition) is 3. The molecule has 1 fully saturated rings. The van der Waals surface area contributed by atoms with Crippen molar-refractivity contribution in [3.05, 3.63) is 54.5 Å². The molecule has 1 aromatic carbocycles. The van der Waals surface area contributed by atoms with Crippen LogP contribution in [0, 0.1) is 0 Å². The molecule has 3 heterocycles. The lowest BCUT2D eigenvalue weighted by atomic mass is 9.98. The predicted molar refractivity (Wildman–Crippen MR) is 94.9 cm³/mol. The van der Waals surface area contributed by atoms with Crippen molar-refractivity contribution in [3.8, 4) is 11.3 Å². The average Bonchev–Trinajstić information content (AvgIpc) is 3.36. The molecule has 1 saturated heterocycles. The smallest absolute Gasteiger partial charge is 0.317 e. The first-order valence-electron chi connectivity index (χ1n) is 8.47. The first kappa shape index (κ1) is 15.4. The van der Waals surface area contributed by atoms with Gasteiger partial charge in [-0.2, -0.15) is 10.2 Å². The number of urea groups is 1. The highest BCUT2D eigenvalue weighted by Gasteiger charge is 2.28. The van der Waals surface area contributed by atoms with Crippen LogP contribution < -0.4 is 5.32 Å². The van der Waals surface area contributed by atoms with Gasteiger partial charge in [-0.15, -0.1) is 0 Å². The van der Waals surface area contributed by atoms with Gasteiger partial charge in [-0.3, -0.25) is 10.2 Å². The molecule has 7 heteroatoms. The van der Waals surface area contributed by atoms with Gasteiger partial charge >= 0.3 is 6.03 Å². The highest BCUT2D eigenvalue weighted by Crippen LogP contribution is 2.31. The van der Waals surface area contributed by atoms with Gasteiger partial charge in [0.1, 0.15) is 0 Å². The summed E-state index contributed by atoms with van der Waals surface area (Å²) in [5.74, 6) is 0. The molecular formula is C18H20N6O. The van der Waals surface area contributed by atoms with Crippen LogP contribution in [-0.2, 0) is 0 Å². The summed E-state index contributed by atoms with van der Waals surface area (Å²) in [6.45, 7) is 0.758. The molecule has 25 heavy (non-hydrogen) atoms. The first-order chi connectivity index (χ1) is 12.3. The molecule has 1 aliphatic heterocycles. The van der Waals surface area contributed by atoms with E-state index in [0.29, 0.717) is 0 Å². The average molecular weight is 336 g/mol. The topological polar surface area (TPSA) is 89.7 Å². The summed E-state index contributed by atoms with van der Waals surface area (Å²) in [4.78, 5) is 14.7. The van der Waals surface area contributed by atoms with Crippen molar-refractivity contribution in [1.82, 2.24) is 25.3 Å². The van der Waals surface area contributed by atoms with E-state index < -0.39 is 0 Å². The molecule has 1 atom stereocenters. The van der Waals surface area contributed by atoms with Gasteiger partial charge < -0.3 is 10.2 Å². The minimum Gasteiger partial charge on any atom is -0.317 e. The number of amides is 2. The van der Waals surface area contributed by atoms with E-state index in [1.807, 2.05) is 41.4 Å². The van der Waals surface area contributed by atoms with Gasteiger partial charge in [-0.25, -0.2) is 4.79 Å². The molecule has 0 radical (unpaired) electrons. The molecule has 0 aliphatic carbocycles. The van der Waals surface area contributed by atoms with Crippen molar-refractivity contribution in [1.29, 1.82) is 0 Å². The zero-order chi connectivity index (χ0) is 17.1. The Kier molecular flexibility index (Phi) is 4.20. The number of H-pyrrole nitrogens is 2. The van der Waals surface area contributed by atoms with Crippen molar-refractivity contribution < 1.29 is 4.79 Å². The summed E-state index contributed by atoms with van der Waals surface area (Å²) in [7, 11) is 0. The van der Waals surface area contributed by atoms with E-state index >= 15 is 0 Å². The van der Waals surface area contributed by atoms with Crippen LogP contribution in [0.3, 0.4) is 0 Å². The summed E-state index contributed by atoms with van der Waals surface area (Å²) in [6, 6.07) is 9.67. The third kappa shape index (κ3) is 3.26. The fourth-order valence-electron chi connectivity index (χ4n) is 3.31. The maximum absolute atomic E-state index is 12.8. The number of benzene rings is 1. The Hall–Kier alpha value is -3.09. The maximum Gasteiger partial charge on any atom is 0.322 e. The van der Waals surface area contributed by atoms with E-state index in [9.17, 15) is 4.79 Å². The van der Waals surface area contributed by atoms with Crippen LogP contribution in [-0.4, -0.2) is 37.9 Å². The number of likely N-dealkylation sites (tertiary alicyclic amines) is 1. The fraction of sp³-hybridized carbons (Fsp3) is 0.278. The lowest BCUT2D eigenvalue weighted by Gasteiger charge is -2.35. The van der Waals surface area contributed by atoms with Gasteiger partial charge in [-0.05, 0) is 43.0 Å². The summed E-state index contributed by atoms with van der Waals surface area (Å²) in [5.41, 5.74) is 3.83. The van der Waals surface area contributed by atoms with Crippen molar-refractivity contribution in [2.24, 2.45) is 0 Å². The molecule has 0 bridgehead atoms. The highest BCUT2D eigenvalue weighted by molar-refractivity contribution is 5.90. The molecule has 1 aliphatic rings. The van der Waals surface area contributed by atoms with Crippen LogP contribution in [0.5, 0.6) is 0 Å². The Morgan fingerprint density at radius 3 is 2.76 bits per heavy atom. The van der Waals surface area contributed by atoms with Gasteiger partial charge in [0.05, 0.1) is 17.9 Å².